The van der Waals surface area contributed by atoms with Gasteiger partial charge < -0.3 is 10.2 Å². The molecular formula is C15H33N3. The van der Waals surface area contributed by atoms with E-state index in [0.717, 1.165) is 12.6 Å². The standard InChI is InChI=1S/C15H33N3/c1-5-7-15(13-16-14(3)4)18-11-9-17(8-6-2)10-12-18/h14-16H,5-13H2,1-4H3. The third-order valence-corrected chi connectivity index (χ3v) is 3.85. The Bertz CT molecular complexity index is 198. The fourth-order valence-corrected chi connectivity index (χ4v) is 2.79. The molecule has 3 heteroatoms. The molecule has 3 nitrogen and oxygen atoms in total. The lowest BCUT2D eigenvalue weighted by Gasteiger charge is -2.39. The summed E-state index contributed by atoms with van der Waals surface area (Å²) < 4.78 is 0. The van der Waals surface area contributed by atoms with Crippen molar-refractivity contribution >= 4 is 0 Å². The molecule has 0 saturated carbocycles. The van der Waals surface area contributed by atoms with Gasteiger partial charge in [0.15, 0.2) is 0 Å². The van der Waals surface area contributed by atoms with Crippen molar-refractivity contribution in [1.82, 2.24) is 15.1 Å². The van der Waals surface area contributed by atoms with E-state index in [1.54, 1.807) is 0 Å². The van der Waals surface area contributed by atoms with Crippen molar-refractivity contribution in [2.45, 2.75) is 59.0 Å². The van der Waals surface area contributed by atoms with Crippen molar-refractivity contribution in [3.63, 3.8) is 0 Å². The third-order valence-electron chi connectivity index (χ3n) is 3.85. The van der Waals surface area contributed by atoms with E-state index < -0.39 is 0 Å². The maximum Gasteiger partial charge on any atom is 0.0221 e. The Morgan fingerprint density at radius 1 is 1.00 bits per heavy atom. The molecule has 1 fully saturated rings. The van der Waals surface area contributed by atoms with Crippen molar-refractivity contribution in [1.29, 1.82) is 0 Å². The zero-order valence-electron chi connectivity index (χ0n) is 12.9. The molecule has 1 aliphatic rings. The molecule has 0 radical (unpaired) electrons. The van der Waals surface area contributed by atoms with Gasteiger partial charge in [0, 0.05) is 44.8 Å². The summed E-state index contributed by atoms with van der Waals surface area (Å²) in [5.41, 5.74) is 0. The molecule has 1 N–H and O–H groups in total. The van der Waals surface area contributed by atoms with Crippen molar-refractivity contribution in [3.05, 3.63) is 0 Å². The van der Waals surface area contributed by atoms with E-state index in [0.29, 0.717) is 6.04 Å². The summed E-state index contributed by atoms with van der Waals surface area (Å²) in [5, 5.41) is 3.61. The molecule has 18 heavy (non-hydrogen) atoms. The Morgan fingerprint density at radius 3 is 2.17 bits per heavy atom. The number of hydrogen-bond donors (Lipinski definition) is 1. The fourth-order valence-electron chi connectivity index (χ4n) is 2.79. The number of nitrogens with zero attached hydrogens (tertiary/aromatic N) is 2. The molecule has 108 valence electrons. The first kappa shape index (κ1) is 15.9. The van der Waals surface area contributed by atoms with Gasteiger partial charge in [-0.2, -0.15) is 0 Å². The molecule has 1 atom stereocenters. The number of hydrogen-bond acceptors (Lipinski definition) is 3. The fraction of sp³-hybridized carbons (Fsp3) is 1.00. The first-order valence-electron chi connectivity index (χ1n) is 7.87. The van der Waals surface area contributed by atoms with Crippen LogP contribution in [-0.2, 0) is 0 Å². The molecule has 0 aliphatic carbocycles. The van der Waals surface area contributed by atoms with E-state index in [9.17, 15) is 0 Å². The summed E-state index contributed by atoms with van der Waals surface area (Å²) in [5.74, 6) is 0. The molecular weight excluding hydrogens is 222 g/mol. The highest BCUT2D eigenvalue weighted by atomic mass is 15.3. The summed E-state index contributed by atoms with van der Waals surface area (Å²) >= 11 is 0. The topological polar surface area (TPSA) is 18.5 Å². The van der Waals surface area contributed by atoms with Gasteiger partial charge in [-0.05, 0) is 19.4 Å². The molecule has 0 amide bonds. The van der Waals surface area contributed by atoms with E-state index >= 15 is 0 Å². The summed E-state index contributed by atoms with van der Waals surface area (Å²) in [4.78, 5) is 5.31. The summed E-state index contributed by atoms with van der Waals surface area (Å²) in [6, 6.07) is 1.34. The smallest absolute Gasteiger partial charge is 0.0221 e. The maximum atomic E-state index is 3.61. The van der Waals surface area contributed by atoms with E-state index in [2.05, 4.69) is 42.8 Å². The van der Waals surface area contributed by atoms with Crippen molar-refractivity contribution < 1.29 is 0 Å². The average molecular weight is 255 g/mol. The second kappa shape index (κ2) is 8.89. The maximum absolute atomic E-state index is 3.61. The minimum absolute atomic E-state index is 0.603. The zero-order chi connectivity index (χ0) is 13.4. The molecule has 0 aromatic carbocycles. The Hall–Kier alpha value is -0.120. The predicted molar refractivity (Wildman–Crippen MR) is 80.1 cm³/mol. The second-order valence-corrected chi connectivity index (χ2v) is 5.88. The van der Waals surface area contributed by atoms with Crippen LogP contribution >= 0.6 is 0 Å². The molecule has 0 spiro atoms. The van der Waals surface area contributed by atoms with Crippen LogP contribution in [0.2, 0.25) is 0 Å². The van der Waals surface area contributed by atoms with E-state index in [1.165, 1.54) is 52.0 Å². The van der Waals surface area contributed by atoms with Gasteiger partial charge in [-0.15, -0.1) is 0 Å². The van der Waals surface area contributed by atoms with Gasteiger partial charge in [-0.25, -0.2) is 0 Å². The van der Waals surface area contributed by atoms with E-state index in [4.69, 9.17) is 0 Å². The van der Waals surface area contributed by atoms with Crippen molar-refractivity contribution in [2.24, 2.45) is 0 Å². The highest BCUT2D eigenvalue weighted by Gasteiger charge is 2.22. The third kappa shape index (κ3) is 5.68. The summed E-state index contributed by atoms with van der Waals surface area (Å²) in [6.07, 6.45) is 3.90. The predicted octanol–water partition coefficient (Wildman–Crippen LogP) is 2.18. The lowest BCUT2D eigenvalue weighted by atomic mass is 10.1. The first-order valence-corrected chi connectivity index (χ1v) is 7.87. The Morgan fingerprint density at radius 2 is 1.67 bits per heavy atom. The minimum Gasteiger partial charge on any atom is -0.313 e. The van der Waals surface area contributed by atoms with Gasteiger partial charge in [-0.3, -0.25) is 4.90 Å². The molecule has 1 aliphatic heterocycles. The Balaban J connectivity index is 2.34. The number of piperazine rings is 1. The molecule has 0 aromatic heterocycles. The van der Waals surface area contributed by atoms with Gasteiger partial charge >= 0.3 is 0 Å². The monoisotopic (exact) mass is 255 g/mol. The Kier molecular flexibility index (Phi) is 7.87. The Labute approximate surface area is 114 Å². The lowest BCUT2D eigenvalue weighted by Crippen LogP contribution is -2.53. The lowest BCUT2D eigenvalue weighted by molar-refractivity contribution is 0.0902. The van der Waals surface area contributed by atoms with Gasteiger partial charge in [0.2, 0.25) is 0 Å². The molecule has 0 bridgehead atoms. The number of nitrogens with one attached hydrogen (secondary N) is 1. The normalized spacial score (nSPS) is 20.5. The first-order chi connectivity index (χ1) is 8.67. The van der Waals surface area contributed by atoms with Crippen LogP contribution in [-0.4, -0.2) is 61.2 Å². The summed E-state index contributed by atoms with van der Waals surface area (Å²) in [7, 11) is 0. The second-order valence-electron chi connectivity index (χ2n) is 5.88. The molecule has 1 unspecified atom stereocenters. The SMILES string of the molecule is CCCC(CNC(C)C)N1CCN(CCC)CC1. The van der Waals surface area contributed by atoms with Gasteiger partial charge in [0.05, 0.1) is 0 Å². The van der Waals surface area contributed by atoms with Crippen LogP contribution in [0.1, 0.15) is 47.0 Å². The highest BCUT2D eigenvalue weighted by molar-refractivity contribution is 4.80. The van der Waals surface area contributed by atoms with Crippen LogP contribution < -0.4 is 5.32 Å². The molecule has 1 heterocycles. The largest absolute Gasteiger partial charge is 0.313 e. The van der Waals surface area contributed by atoms with Gasteiger partial charge in [0.25, 0.3) is 0 Å². The average Bonchev–Trinajstić information content (AvgIpc) is 2.36. The van der Waals surface area contributed by atoms with Crippen LogP contribution in [0.3, 0.4) is 0 Å². The van der Waals surface area contributed by atoms with Crippen LogP contribution in [0.5, 0.6) is 0 Å². The van der Waals surface area contributed by atoms with E-state index in [1.807, 2.05) is 0 Å². The van der Waals surface area contributed by atoms with E-state index in [-0.39, 0.29) is 0 Å². The highest BCUT2D eigenvalue weighted by Crippen LogP contribution is 2.11. The van der Waals surface area contributed by atoms with Gasteiger partial charge in [0.1, 0.15) is 0 Å². The van der Waals surface area contributed by atoms with Crippen LogP contribution in [0, 0.1) is 0 Å². The van der Waals surface area contributed by atoms with Crippen molar-refractivity contribution in [3.8, 4) is 0 Å². The zero-order valence-corrected chi connectivity index (χ0v) is 12.9. The number of rotatable bonds is 8. The molecule has 1 rings (SSSR count). The van der Waals surface area contributed by atoms with Gasteiger partial charge in [-0.1, -0.05) is 34.1 Å². The van der Waals surface area contributed by atoms with Crippen LogP contribution in [0.4, 0.5) is 0 Å². The minimum atomic E-state index is 0.603. The summed E-state index contributed by atoms with van der Waals surface area (Å²) in [6.45, 7) is 16.5. The molecule has 1 saturated heterocycles. The van der Waals surface area contributed by atoms with Crippen LogP contribution in [0.15, 0.2) is 0 Å². The van der Waals surface area contributed by atoms with Crippen LogP contribution in [0.25, 0.3) is 0 Å². The quantitative estimate of drug-likeness (QED) is 0.717. The molecule has 0 aromatic rings. The van der Waals surface area contributed by atoms with Crippen molar-refractivity contribution in [2.75, 3.05) is 39.3 Å².